The Hall–Kier alpha value is -1.35. The maximum Gasteiger partial charge on any atom is 0.422 e. The van der Waals surface area contributed by atoms with Gasteiger partial charge in [-0.05, 0) is 38.5 Å². The van der Waals surface area contributed by atoms with Crippen molar-refractivity contribution in [2.24, 2.45) is 0 Å². The van der Waals surface area contributed by atoms with Crippen molar-refractivity contribution in [2.75, 3.05) is 19.8 Å². The molecule has 1 spiro atoms. The van der Waals surface area contributed by atoms with Gasteiger partial charge < -0.3 is 14.2 Å². The molecule has 2 saturated heterocycles. The number of nitrogens with zero attached hydrogens (tertiary/aromatic N) is 1. The van der Waals surface area contributed by atoms with E-state index in [0.717, 1.165) is 38.5 Å². The van der Waals surface area contributed by atoms with Crippen LogP contribution in [0.1, 0.15) is 64.7 Å². The van der Waals surface area contributed by atoms with Crippen LogP contribution < -0.4 is 0 Å². The first-order valence-electron chi connectivity index (χ1n) is 9.95. The van der Waals surface area contributed by atoms with Crippen LogP contribution in [0, 0.1) is 0 Å². The monoisotopic (exact) mass is 407 g/mol. The summed E-state index contributed by atoms with van der Waals surface area (Å²) in [6, 6.07) is -0.223. The van der Waals surface area contributed by atoms with Crippen LogP contribution in [-0.4, -0.2) is 60.1 Å². The van der Waals surface area contributed by atoms with E-state index in [4.69, 9.17) is 9.47 Å². The average molecular weight is 407 g/mol. The van der Waals surface area contributed by atoms with Gasteiger partial charge in [-0.3, -0.25) is 14.5 Å². The number of fused-ring (bicyclic) bond motifs is 2. The lowest BCUT2D eigenvalue weighted by atomic mass is 9.87. The second-order valence-corrected chi connectivity index (χ2v) is 8.15. The van der Waals surface area contributed by atoms with Gasteiger partial charge in [-0.15, -0.1) is 0 Å². The van der Waals surface area contributed by atoms with E-state index in [2.05, 4.69) is 9.64 Å². The van der Waals surface area contributed by atoms with Crippen LogP contribution >= 0.6 is 0 Å². The zero-order valence-electron chi connectivity index (χ0n) is 16.2. The molecule has 0 aromatic carbocycles. The van der Waals surface area contributed by atoms with Gasteiger partial charge >= 0.3 is 18.1 Å². The summed E-state index contributed by atoms with van der Waals surface area (Å²) in [5.41, 5.74) is -0.818. The number of alkyl halides is 3. The second-order valence-electron chi connectivity index (χ2n) is 8.15. The summed E-state index contributed by atoms with van der Waals surface area (Å²) in [6.45, 7) is 0.550. The summed E-state index contributed by atoms with van der Waals surface area (Å²) in [7, 11) is 0. The van der Waals surface area contributed by atoms with E-state index in [1.54, 1.807) is 0 Å². The molecule has 0 N–H and O–H groups in total. The largest absolute Gasteiger partial charge is 0.466 e. The average Bonchev–Trinajstić information content (AvgIpc) is 3.11. The van der Waals surface area contributed by atoms with Gasteiger partial charge in [0.2, 0.25) is 0 Å². The van der Waals surface area contributed by atoms with Gasteiger partial charge in [-0.2, -0.15) is 13.2 Å². The summed E-state index contributed by atoms with van der Waals surface area (Å²) in [5, 5.41) is 0. The number of ether oxygens (including phenoxy) is 3. The van der Waals surface area contributed by atoms with Crippen LogP contribution in [-0.2, 0) is 23.8 Å². The molecule has 6 nitrogen and oxygen atoms in total. The lowest BCUT2D eigenvalue weighted by molar-refractivity contribution is -0.188. The van der Waals surface area contributed by atoms with Gasteiger partial charge in [0, 0.05) is 19.4 Å². The Balaban J connectivity index is 1.72. The van der Waals surface area contributed by atoms with Crippen LogP contribution in [0.4, 0.5) is 13.2 Å². The molecule has 2 heterocycles. The first kappa shape index (κ1) is 21.4. The van der Waals surface area contributed by atoms with Gasteiger partial charge in [-0.25, -0.2) is 0 Å². The molecule has 2 atom stereocenters. The minimum atomic E-state index is -4.53. The molecule has 9 heteroatoms. The SMILES string of the molecule is CC(=O)OCC[C@]12CC[C@H](CC(=O)OCC(F)(F)F)N1C1(CCCCC1)OC2. The molecule has 3 rings (SSSR count). The van der Waals surface area contributed by atoms with Gasteiger partial charge in [0.1, 0.15) is 5.72 Å². The molecule has 1 saturated carbocycles. The minimum absolute atomic E-state index is 0.0868. The number of hydrogen-bond donors (Lipinski definition) is 0. The maximum atomic E-state index is 12.3. The Morgan fingerprint density at radius 3 is 2.50 bits per heavy atom. The van der Waals surface area contributed by atoms with Crippen molar-refractivity contribution in [1.29, 1.82) is 0 Å². The van der Waals surface area contributed by atoms with Crippen molar-refractivity contribution < 1.29 is 37.0 Å². The Morgan fingerprint density at radius 1 is 1.14 bits per heavy atom. The van der Waals surface area contributed by atoms with Crippen molar-refractivity contribution in [3.05, 3.63) is 0 Å². The highest BCUT2D eigenvalue weighted by Crippen LogP contribution is 2.53. The molecule has 0 radical (unpaired) electrons. The van der Waals surface area contributed by atoms with E-state index in [0.29, 0.717) is 19.4 Å². The molecule has 2 aliphatic heterocycles. The quantitative estimate of drug-likeness (QED) is 0.630. The number of halogens is 3. The first-order valence-corrected chi connectivity index (χ1v) is 9.95. The molecule has 0 amide bonds. The van der Waals surface area contributed by atoms with Gasteiger partial charge in [-0.1, -0.05) is 6.42 Å². The second kappa shape index (κ2) is 8.18. The molecular formula is C19H28F3NO5. The maximum absolute atomic E-state index is 12.3. The molecule has 1 aliphatic carbocycles. The lowest BCUT2D eigenvalue weighted by Gasteiger charge is -2.46. The summed E-state index contributed by atoms with van der Waals surface area (Å²) in [6.07, 6.45) is 2.26. The van der Waals surface area contributed by atoms with Crippen LogP contribution in [0.3, 0.4) is 0 Å². The smallest absolute Gasteiger partial charge is 0.422 e. The third-order valence-corrected chi connectivity index (χ3v) is 6.17. The summed E-state index contributed by atoms with van der Waals surface area (Å²) < 4.78 is 52.9. The molecule has 160 valence electrons. The predicted molar refractivity (Wildman–Crippen MR) is 92.2 cm³/mol. The van der Waals surface area contributed by atoms with Crippen LogP contribution in [0.15, 0.2) is 0 Å². The standard InChI is InChI=1S/C19H28F3NO5/c1-14(24)26-10-9-17-8-5-15(11-16(25)27-13-19(20,21)22)23(17)18(28-12-17)6-3-2-4-7-18/h15H,2-13H2,1H3/t15-,17+/m1/s1. The molecule has 0 bridgehead atoms. The van der Waals surface area contributed by atoms with Crippen molar-refractivity contribution in [2.45, 2.75) is 88.2 Å². The fourth-order valence-corrected chi connectivity index (χ4v) is 5.12. The number of hydrogen-bond acceptors (Lipinski definition) is 6. The lowest BCUT2D eigenvalue weighted by Crippen LogP contribution is -2.56. The Morgan fingerprint density at radius 2 is 1.86 bits per heavy atom. The fourth-order valence-electron chi connectivity index (χ4n) is 5.12. The van der Waals surface area contributed by atoms with E-state index < -0.39 is 24.5 Å². The molecule has 0 aromatic heterocycles. The number of carbonyl (C=O) groups is 2. The van der Waals surface area contributed by atoms with Crippen molar-refractivity contribution in [1.82, 2.24) is 4.90 Å². The van der Waals surface area contributed by atoms with Crippen LogP contribution in [0.25, 0.3) is 0 Å². The molecule has 0 aromatic rings. The third-order valence-electron chi connectivity index (χ3n) is 6.17. The number of rotatable bonds is 6. The normalized spacial score (nSPS) is 29.6. The fraction of sp³-hybridized carbons (Fsp3) is 0.895. The third kappa shape index (κ3) is 4.62. The zero-order chi connectivity index (χ0) is 20.4. The molecule has 0 unspecified atom stereocenters. The molecule has 3 aliphatic rings. The topological polar surface area (TPSA) is 65.1 Å². The van der Waals surface area contributed by atoms with E-state index in [1.165, 1.54) is 6.92 Å². The molecular weight excluding hydrogens is 379 g/mol. The van der Waals surface area contributed by atoms with Gasteiger partial charge in [0.15, 0.2) is 6.61 Å². The highest BCUT2D eigenvalue weighted by molar-refractivity contribution is 5.70. The van der Waals surface area contributed by atoms with Gasteiger partial charge in [0.05, 0.1) is 25.2 Å². The number of carbonyl (C=O) groups excluding carboxylic acids is 2. The Bertz CT molecular complexity index is 591. The van der Waals surface area contributed by atoms with E-state index >= 15 is 0 Å². The molecule has 3 fully saturated rings. The van der Waals surface area contributed by atoms with Crippen molar-refractivity contribution >= 4 is 11.9 Å². The zero-order valence-corrected chi connectivity index (χ0v) is 16.2. The Kier molecular flexibility index (Phi) is 6.24. The Labute approximate surface area is 162 Å². The summed E-state index contributed by atoms with van der Waals surface area (Å²) in [4.78, 5) is 25.4. The highest BCUT2D eigenvalue weighted by Gasteiger charge is 2.61. The van der Waals surface area contributed by atoms with Gasteiger partial charge in [0.25, 0.3) is 0 Å². The minimum Gasteiger partial charge on any atom is -0.466 e. The van der Waals surface area contributed by atoms with E-state index in [1.807, 2.05) is 0 Å². The van der Waals surface area contributed by atoms with E-state index in [-0.39, 0.29) is 30.6 Å². The van der Waals surface area contributed by atoms with Crippen molar-refractivity contribution in [3.63, 3.8) is 0 Å². The van der Waals surface area contributed by atoms with Crippen LogP contribution in [0.2, 0.25) is 0 Å². The summed E-state index contributed by atoms with van der Waals surface area (Å²) >= 11 is 0. The summed E-state index contributed by atoms with van der Waals surface area (Å²) in [5.74, 6) is -1.18. The first-order chi connectivity index (χ1) is 13.2. The predicted octanol–water partition coefficient (Wildman–Crippen LogP) is 3.33. The number of esters is 2. The van der Waals surface area contributed by atoms with E-state index in [9.17, 15) is 22.8 Å². The highest BCUT2D eigenvalue weighted by atomic mass is 19.4. The van der Waals surface area contributed by atoms with Crippen molar-refractivity contribution in [3.8, 4) is 0 Å². The van der Waals surface area contributed by atoms with Crippen LogP contribution in [0.5, 0.6) is 0 Å². The molecule has 28 heavy (non-hydrogen) atoms.